The first-order chi connectivity index (χ1) is 15.1. The molecule has 3 amide bonds. The summed E-state index contributed by atoms with van der Waals surface area (Å²) in [6, 6.07) is -0.560. The Kier molecular flexibility index (Phi) is 7.52. The third kappa shape index (κ3) is 5.64. The zero-order valence-corrected chi connectivity index (χ0v) is 19.3. The van der Waals surface area contributed by atoms with E-state index in [4.69, 9.17) is 4.74 Å². The van der Waals surface area contributed by atoms with Crippen LogP contribution in [0, 0.1) is 5.92 Å². The molecule has 0 bridgehead atoms. The molecule has 178 valence electrons. The number of rotatable bonds is 6. The quantitative estimate of drug-likeness (QED) is 0.474. The molecule has 2 fully saturated rings. The van der Waals surface area contributed by atoms with E-state index in [1.807, 2.05) is 0 Å². The Bertz CT molecular complexity index is 917. The number of hydrogen-bond donors (Lipinski definition) is 0. The van der Waals surface area contributed by atoms with E-state index in [1.54, 1.807) is 11.8 Å². The van der Waals surface area contributed by atoms with E-state index in [9.17, 15) is 27.6 Å². The second-order valence-electron chi connectivity index (χ2n) is 8.43. The van der Waals surface area contributed by atoms with Crippen molar-refractivity contribution in [2.24, 2.45) is 11.0 Å². The normalized spacial score (nSPS) is 25.3. The highest BCUT2D eigenvalue weighted by Crippen LogP contribution is 2.23. The second kappa shape index (κ2) is 9.97. The summed E-state index contributed by atoms with van der Waals surface area (Å²) in [5, 5.41) is 5.30. The van der Waals surface area contributed by atoms with Crippen LogP contribution in [0.3, 0.4) is 0 Å². The van der Waals surface area contributed by atoms with Crippen LogP contribution in [0.2, 0.25) is 0 Å². The van der Waals surface area contributed by atoms with Crippen molar-refractivity contribution in [2.75, 3.05) is 44.8 Å². The maximum atomic E-state index is 12.9. The Hall–Kier alpha value is -2.50. The molecule has 12 heteroatoms. The zero-order chi connectivity index (χ0) is 23.5. The smallest absolute Gasteiger partial charge is 0.310 e. The Morgan fingerprint density at radius 1 is 1.22 bits per heavy atom. The second-order valence-corrected chi connectivity index (χ2v) is 10.7. The number of carbonyl (C=O) groups is 4. The van der Waals surface area contributed by atoms with Gasteiger partial charge in [0.15, 0.2) is 9.84 Å². The number of esters is 1. The van der Waals surface area contributed by atoms with Gasteiger partial charge in [-0.2, -0.15) is 5.10 Å². The monoisotopic (exact) mass is 470 g/mol. The minimum atomic E-state index is -3.21. The summed E-state index contributed by atoms with van der Waals surface area (Å²) in [7, 11) is -1.72. The number of carbonyl (C=O) groups excluding carboxylic acids is 4. The van der Waals surface area contributed by atoms with E-state index < -0.39 is 21.8 Å². The lowest BCUT2D eigenvalue weighted by atomic mass is 9.98. The molecule has 0 N–H and O–H groups in total. The van der Waals surface area contributed by atoms with Gasteiger partial charge in [0, 0.05) is 33.0 Å². The Morgan fingerprint density at radius 2 is 1.97 bits per heavy atom. The molecule has 0 saturated carbocycles. The van der Waals surface area contributed by atoms with Crippen LogP contribution in [-0.4, -0.2) is 103 Å². The van der Waals surface area contributed by atoms with Gasteiger partial charge in [-0.15, -0.1) is 0 Å². The third-order valence-corrected chi connectivity index (χ3v) is 7.72. The first-order valence-corrected chi connectivity index (χ1v) is 12.7. The van der Waals surface area contributed by atoms with E-state index in [0.29, 0.717) is 25.8 Å². The van der Waals surface area contributed by atoms with Gasteiger partial charge in [-0.1, -0.05) is 0 Å². The molecular formula is C20H30N4O7S. The van der Waals surface area contributed by atoms with Crippen LogP contribution < -0.4 is 0 Å². The molecule has 3 aliphatic heterocycles. The lowest BCUT2D eigenvalue weighted by Gasteiger charge is -2.33. The highest BCUT2D eigenvalue weighted by atomic mass is 32.2. The number of likely N-dealkylation sites (tertiary alicyclic amines) is 1. The Morgan fingerprint density at radius 3 is 2.62 bits per heavy atom. The van der Waals surface area contributed by atoms with Crippen LogP contribution in [0.4, 0.5) is 0 Å². The van der Waals surface area contributed by atoms with Gasteiger partial charge in [0.25, 0.3) is 5.91 Å². The van der Waals surface area contributed by atoms with Crippen molar-refractivity contribution < 1.29 is 32.3 Å². The van der Waals surface area contributed by atoms with E-state index in [1.165, 1.54) is 11.9 Å². The van der Waals surface area contributed by atoms with Crippen molar-refractivity contribution in [2.45, 2.75) is 45.1 Å². The van der Waals surface area contributed by atoms with Crippen LogP contribution in [0.15, 0.2) is 5.10 Å². The number of nitrogens with zero attached hydrogens (tertiary/aromatic N) is 4. The summed E-state index contributed by atoms with van der Waals surface area (Å²) in [4.78, 5) is 52.6. The first-order valence-electron chi connectivity index (χ1n) is 10.9. The summed E-state index contributed by atoms with van der Waals surface area (Å²) in [6.07, 6.45) is 1.84. The summed E-state index contributed by atoms with van der Waals surface area (Å²) in [6.45, 7) is 2.61. The number of amides is 3. The van der Waals surface area contributed by atoms with Gasteiger partial charge in [0.2, 0.25) is 11.8 Å². The molecule has 0 aromatic rings. The molecule has 3 aliphatic rings. The van der Waals surface area contributed by atoms with Crippen molar-refractivity contribution in [3.05, 3.63) is 0 Å². The molecule has 2 unspecified atom stereocenters. The predicted molar refractivity (Wildman–Crippen MR) is 114 cm³/mol. The topological polar surface area (TPSA) is 134 Å². The van der Waals surface area contributed by atoms with Crippen molar-refractivity contribution in [3.8, 4) is 0 Å². The first kappa shape index (κ1) is 24.1. The number of likely N-dealkylation sites (N-methyl/N-ethyl adjacent to an activating group) is 1. The lowest BCUT2D eigenvalue weighted by Crippen LogP contribution is -2.49. The maximum absolute atomic E-state index is 12.9. The van der Waals surface area contributed by atoms with Gasteiger partial charge < -0.3 is 14.5 Å². The largest absolute Gasteiger partial charge is 0.466 e. The highest BCUT2D eigenvalue weighted by Gasteiger charge is 2.38. The van der Waals surface area contributed by atoms with E-state index in [-0.39, 0.29) is 73.5 Å². The lowest BCUT2D eigenvalue weighted by molar-refractivity contribution is -0.151. The van der Waals surface area contributed by atoms with Gasteiger partial charge in [-0.05, 0) is 26.2 Å². The highest BCUT2D eigenvalue weighted by molar-refractivity contribution is 7.91. The number of sulfone groups is 1. The molecule has 2 atom stereocenters. The van der Waals surface area contributed by atoms with Crippen LogP contribution in [0.1, 0.15) is 39.0 Å². The van der Waals surface area contributed by atoms with Crippen molar-refractivity contribution in [3.63, 3.8) is 0 Å². The summed E-state index contributed by atoms with van der Waals surface area (Å²) < 4.78 is 28.6. The Balaban J connectivity index is 1.61. The Labute approximate surface area is 187 Å². The average Bonchev–Trinajstić information content (AvgIpc) is 3.13. The van der Waals surface area contributed by atoms with Crippen LogP contribution in [0.5, 0.6) is 0 Å². The van der Waals surface area contributed by atoms with Gasteiger partial charge in [-0.25, -0.2) is 13.4 Å². The van der Waals surface area contributed by atoms with Crippen LogP contribution in [-0.2, 0) is 33.8 Å². The van der Waals surface area contributed by atoms with Crippen molar-refractivity contribution in [1.82, 2.24) is 14.8 Å². The fourth-order valence-corrected chi connectivity index (χ4v) is 5.92. The predicted octanol–water partition coefficient (Wildman–Crippen LogP) is -0.588. The molecule has 0 spiro atoms. The molecule has 11 nitrogen and oxygen atoms in total. The molecule has 0 aliphatic carbocycles. The minimum Gasteiger partial charge on any atom is -0.466 e. The molecular weight excluding hydrogens is 440 g/mol. The fraction of sp³-hybridized carbons (Fsp3) is 0.750. The van der Waals surface area contributed by atoms with Gasteiger partial charge >= 0.3 is 5.97 Å². The number of piperidine rings is 1. The van der Waals surface area contributed by atoms with Gasteiger partial charge in [-0.3, -0.25) is 19.2 Å². The molecule has 0 aromatic carbocycles. The SMILES string of the molecule is CCOC(=O)C1CCCN(C(=O)CN(C)C(=O)C2=NN(C3CCS(=O)(=O)C3)C(=O)CC2)C1. The summed E-state index contributed by atoms with van der Waals surface area (Å²) in [5.74, 6) is -1.90. The molecule has 32 heavy (non-hydrogen) atoms. The number of ether oxygens (including phenoxy) is 1. The van der Waals surface area contributed by atoms with Gasteiger partial charge in [0.05, 0.1) is 36.6 Å². The van der Waals surface area contributed by atoms with Crippen LogP contribution in [0.25, 0.3) is 0 Å². The van der Waals surface area contributed by atoms with Crippen molar-refractivity contribution >= 4 is 39.2 Å². The van der Waals surface area contributed by atoms with Crippen molar-refractivity contribution in [1.29, 1.82) is 0 Å². The van der Waals surface area contributed by atoms with E-state index in [0.717, 1.165) is 5.01 Å². The summed E-state index contributed by atoms with van der Waals surface area (Å²) in [5.41, 5.74) is 0.132. The molecule has 3 heterocycles. The molecule has 0 radical (unpaired) electrons. The van der Waals surface area contributed by atoms with Crippen LogP contribution >= 0.6 is 0 Å². The van der Waals surface area contributed by atoms with Gasteiger partial charge in [0.1, 0.15) is 5.71 Å². The number of hydrogen-bond acceptors (Lipinski definition) is 8. The fourth-order valence-electron chi connectivity index (χ4n) is 4.23. The van der Waals surface area contributed by atoms with E-state index in [2.05, 4.69) is 5.10 Å². The molecule has 2 saturated heterocycles. The summed E-state index contributed by atoms with van der Waals surface area (Å²) >= 11 is 0. The molecule has 3 rings (SSSR count). The standard InChI is InChI=1S/C20H30N4O7S/c1-3-31-20(28)14-5-4-9-23(11-14)18(26)12-22(2)19(27)16-6-7-17(25)24(21-16)15-8-10-32(29,30)13-15/h14-15H,3-13H2,1-2H3. The minimum absolute atomic E-state index is 0.00270. The third-order valence-electron chi connectivity index (χ3n) is 5.97. The molecule has 0 aromatic heterocycles. The van der Waals surface area contributed by atoms with E-state index >= 15 is 0 Å². The zero-order valence-electron chi connectivity index (χ0n) is 18.5. The maximum Gasteiger partial charge on any atom is 0.310 e. The number of hydrazone groups is 1. The average molecular weight is 471 g/mol.